The fraction of sp³-hybridized carbons (Fsp3) is 0.176. The van der Waals surface area contributed by atoms with Gasteiger partial charge in [0.15, 0.2) is 5.65 Å². The number of fused-ring (bicyclic) bond motifs is 1. The van der Waals surface area contributed by atoms with E-state index in [4.69, 9.17) is 18.2 Å². The SMILES string of the molecule is [C-]#[N+]c1cc2c(=O)[nH]c(=O)n(-c3ccccc3Cl)c2nc1C1CC1. The predicted molar refractivity (Wildman–Crippen MR) is 91.2 cm³/mol. The van der Waals surface area contributed by atoms with Crippen LogP contribution >= 0.6 is 11.6 Å². The van der Waals surface area contributed by atoms with E-state index in [1.54, 1.807) is 24.3 Å². The summed E-state index contributed by atoms with van der Waals surface area (Å²) in [6.45, 7) is 7.33. The lowest BCUT2D eigenvalue weighted by Crippen LogP contribution is -2.30. The molecule has 2 aromatic heterocycles. The summed E-state index contributed by atoms with van der Waals surface area (Å²) in [4.78, 5) is 34.9. The van der Waals surface area contributed by atoms with Gasteiger partial charge in [-0.3, -0.25) is 9.78 Å². The molecule has 0 spiro atoms. The summed E-state index contributed by atoms with van der Waals surface area (Å²) in [5, 5.41) is 0.571. The van der Waals surface area contributed by atoms with E-state index in [2.05, 4.69) is 14.8 Å². The number of halogens is 1. The van der Waals surface area contributed by atoms with Crippen molar-refractivity contribution in [3.63, 3.8) is 0 Å². The third-order valence-corrected chi connectivity index (χ3v) is 4.39. The van der Waals surface area contributed by atoms with E-state index < -0.39 is 11.2 Å². The van der Waals surface area contributed by atoms with E-state index in [9.17, 15) is 9.59 Å². The first-order chi connectivity index (χ1) is 11.6. The molecule has 0 unspecified atom stereocenters. The van der Waals surface area contributed by atoms with Gasteiger partial charge in [-0.25, -0.2) is 19.2 Å². The molecule has 1 aliphatic rings. The summed E-state index contributed by atoms with van der Waals surface area (Å²) in [5.41, 5.74) is 0.507. The Kier molecular flexibility index (Phi) is 3.25. The van der Waals surface area contributed by atoms with E-state index >= 15 is 0 Å². The van der Waals surface area contributed by atoms with Gasteiger partial charge >= 0.3 is 5.69 Å². The second-order valence-corrected chi connectivity index (χ2v) is 6.10. The van der Waals surface area contributed by atoms with Crippen molar-refractivity contribution in [3.05, 3.63) is 73.3 Å². The van der Waals surface area contributed by atoms with Crippen LogP contribution in [0.25, 0.3) is 21.6 Å². The zero-order chi connectivity index (χ0) is 16.8. The van der Waals surface area contributed by atoms with Gasteiger partial charge in [0.25, 0.3) is 5.56 Å². The maximum absolute atomic E-state index is 12.4. The number of aromatic nitrogens is 3. The van der Waals surface area contributed by atoms with E-state index in [0.717, 1.165) is 12.8 Å². The Labute approximate surface area is 141 Å². The molecule has 4 rings (SSSR count). The number of para-hydroxylation sites is 1. The molecule has 24 heavy (non-hydrogen) atoms. The molecule has 7 heteroatoms. The molecule has 0 atom stereocenters. The Morgan fingerprint density at radius 3 is 2.71 bits per heavy atom. The lowest BCUT2D eigenvalue weighted by molar-refractivity contribution is 0.912. The van der Waals surface area contributed by atoms with E-state index in [-0.39, 0.29) is 17.0 Å². The number of aromatic amines is 1. The third kappa shape index (κ3) is 2.22. The molecule has 118 valence electrons. The highest BCUT2D eigenvalue weighted by molar-refractivity contribution is 6.32. The van der Waals surface area contributed by atoms with Gasteiger partial charge in [-0.15, -0.1) is 0 Å². The average molecular weight is 339 g/mol. The highest BCUT2D eigenvalue weighted by Crippen LogP contribution is 2.43. The summed E-state index contributed by atoms with van der Waals surface area (Å²) in [6, 6.07) is 8.36. The van der Waals surface area contributed by atoms with Gasteiger partial charge in [-0.1, -0.05) is 23.7 Å². The first-order valence-electron chi connectivity index (χ1n) is 7.42. The highest BCUT2D eigenvalue weighted by Gasteiger charge is 2.29. The first-order valence-corrected chi connectivity index (χ1v) is 7.80. The van der Waals surface area contributed by atoms with Gasteiger partial charge < -0.3 is 0 Å². The molecule has 3 aromatic rings. The quantitative estimate of drug-likeness (QED) is 0.729. The van der Waals surface area contributed by atoms with Crippen LogP contribution in [0.15, 0.2) is 39.9 Å². The predicted octanol–water partition coefficient (Wildman–Crippen LogP) is 3.16. The number of hydrogen-bond donors (Lipinski definition) is 1. The zero-order valence-electron chi connectivity index (χ0n) is 12.4. The van der Waals surface area contributed by atoms with Crippen molar-refractivity contribution < 1.29 is 0 Å². The van der Waals surface area contributed by atoms with E-state index in [0.29, 0.717) is 22.1 Å². The molecular formula is C17H11ClN4O2. The van der Waals surface area contributed by atoms with Crippen LogP contribution in [-0.4, -0.2) is 14.5 Å². The van der Waals surface area contributed by atoms with Gasteiger partial charge in [-0.05, 0) is 37.0 Å². The smallest absolute Gasteiger partial charge is 0.273 e. The molecule has 1 aliphatic carbocycles. The topological polar surface area (TPSA) is 72.1 Å². The Bertz CT molecular complexity index is 1140. The van der Waals surface area contributed by atoms with Gasteiger partial charge in [-0.2, -0.15) is 0 Å². The molecule has 0 saturated heterocycles. The van der Waals surface area contributed by atoms with Crippen LogP contribution in [-0.2, 0) is 0 Å². The summed E-state index contributed by atoms with van der Waals surface area (Å²) >= 11 is 6.22. The fourth-order valence-electron chi connectivity index (χ4n) is 2.76. The van der Waals surface area contributed by atoms with E-state index in [1.807, 2.05) is 0 Å². The van der Waals surface area contributed by atoms with E-state index in [1.165, 1.54) is 10.6 Å². The largest absolute Gasteiger partial charge is 0.334 e. The molecule has 0 aliphatic heterocycles. The molecule has 6 nitrogen and oxygen atoms in total. The number of nitrogens with one attached hydrogen (secondary N) is 1. The molecule has 1 aromatic carbocycles. The third-order valence-electron chi connectivity index (χ3n) is 4.07. The number of nitrogens with zero attached hydrogens (tertiary/aromatic N) is 3. The minimum Gasteiger partial charge on any atom is -0.273 e. The Morgan fingerprint density at radius 1 is 1.29 bits per heavy atom. The number of rotatable bonds is 2. The molecule has 0 amide bonds. The zero-order valence-corrected chi connectivity index (χ0v) is 13.2. The van der Waals surface area contributed by atoms with Gasteiger partial charge in [0.1, 0.15) is 0 Å². The molecule has 2 heterocycles. The number of H-pyrrole nitrogens is 1. The maximum atomic E-state index is 12.4. The normalized spacial score (nSPS) is 13.8. The van der Waals surface area contributed by atoms with Crippen LogP contribution in [0, 0.1) is 6.57 Å². The van der Waals surface area contributed by atoms with Crippen LogP contribution in [0.1, 0.15) is 24.5 Å². The Balaban J connectivity index is 2.16. The van der Waals surface area contributed by atoms with Gasteiger partial charge in [0.2, 0.25) is 5.69 Å². The van der Waals surface area contributed by atoms with Crippen molar-refractivity contribution in [1.82, 2.24) is 14.5 Å². The summed E-state index contributed by atoms with van der Waals surface area (Å²) in [6.07, 6.45) is 1.92. The monoisotopic (exact) mass is 338 g/mol. The van der Waals surface area contributed by atoms with Crippen LogP contribution < -0.4 is 11.2 Å². The lowest BCUT2D eigenvalue weighted by atomic mass is 10.2. The Hall–Kier alpha value is -2.91. The highest BCUT2D eigenvalue weighted by atomic mass is 35.5. The molecular weight excluding hydrogens is 328 g/mol. The molecule has 0 radical (unpaired) electrons. The summed E-state index contributed by atoms with van der Waals surface area (Å²) in [5.74, 6) is 0.215. The van der Waals surface area contributed by atoms with Crippen molar-refractivity contribution in [1.29, 1.82) is 0 Å². The van der Waals surface area contributed by atoms with Crippen LogP contribution in [0.2, 0.25) is 5.02 Å². The maximum Gasteiger partial charge on any atom is 0.334 e. The second-order valence-electron chi connectivity index (χ2n) is 5.70. The van der Waals surface area contributed by atoms with Crippen LogP contribution in [0.3, 0.4) is 0 Å². The van der Waals surface area contributed by atoms with Crippen molar-refractivity contribution in [2.24, 2.45) is 0 Å². The minimum absolute atomic E-state index is 0.199. The molecule has 1 N–H and O–H groups in total. The van der Waals surface area contributed by atoms with Crippen LogP contribution in [0.5, 0.6) is 0 Å². The molecule has 0 bridgehead atoms. The lowest BCUT2D eigenvalue weighted by Gasteiger charge is -2.12. The fourth-order valence-corrected chi connectivity index (χ4v) is 2.98. The summed E-state index contributed by atoms with van der Waals surface area (Å²) in [7, 11) is 0. The molecule has 1 saturated carbocycles. The number of benzene rings is 1. The number of hydrogen-bond acceptors (Lipinski definition) is 3. The van der Waals surface area contributed by atoms with Crippen molar-refractivity contribution in [2.45, 2.75) is 18.8 Å². The Morgan fingerprint density at radius 2 is 2.04 bits per heavy atom. The summed E-state index contributed by atoms with van der Waals surface area (Å²) < 4.78 is 1.29. The van der Waals surface area contributed by atoms with Crippen LogP contribution in [0.4, 0.5) is 5.69 Å². The van der Waals surface area contributed by atoms with Crippen molar-refractivity contribution in [3.8, 4) is 5.69 Å². The first kappa shape index (κ1) is 14.7. The van der Waals surface area contributed by atoms with Gasteiger partial charge in [0, 0.05) is 0 Å². The minimum atomic E-state index is -0.606. The molecule has 1 fully saturated rings. The van der Waals surface area contributed by atoms with Crippen molar-refractivity contribution in [2.75, 3.05) is 0 Å². The van der Waals surface area contributed by atoms with Crippen molar-refractivity contribution >= 4 is 28.3 Å². The second kappa shape index (κ2) is 5.32. The standard InChI is InChI=1S/C17H11ClN4O2/c1-19-12-8-10-15(20-14(12)9-6-7-9)22(17(24)21-16(10)23)13-5-3-2-4-11(13)18/h2-5,8-9H,6-7H2,(H,21,23,24). The average Bonchev–Trinajstić information content (AvgIpc) is 3.40. The van der Waals surface area contributed by atoms with Gasteiger partial charge in [0.05, 0.1) is 28.4 Å². The number of pyridine rings is 1.